The fourth-order valence-corrected chi connectivity index (χ4v) is 2.20. The van der Waals surface area contributed by atoms with Gasteiger partial charge in [-0.2, -0.15) is 0 Å². The number of ether oxygens (including phenoxy) is 1. The smallest absolute Gasteiger partial charge is 0.184 e. The molecule has 0 saturated carbocycles. The summed E-state index contributed by atoms with van der Waals surface area (Å²) in [6, 6.07) is 9.17. The van der Waals surface area contributed by atoms with Crippen molar-refractivity contribution >= 4 is 22.9 Å². The second kappa shape index (κ2) is 5.02. The number of halogens is 1. The molecule has 0 atom stereocenters. The predicted octanol–water partition coefficient (Wildman–Crippen LogP) is 2.85. The van der Waals surface area contributed by atoms with E-state index in [9.17, 15) is 0 Å². The Balaban J connectivity index is 1.90. The van der Waals surface area contributed by atoms with Crippen LogP contribution in [-0.2, 0) is 6.61 Å². The van der Waals surface area contributed by atoms with Crippen molar-refractivity contribution in [1.82, 2.24) is 14.6 Å². The van der Waals surface area contributed by atoms with Crippen molar-refractivity contribution in [1.29, 1.82) is 0 Å². The molecule has 0 unspecified atom stereocenters. The van der Waals surface area contributed by atoms with E-state index in [2.05, 4.69) is 10.2 Å². The number of rotatable bonds is 3. The van der Waals surface area contributed by atoms with Crippen molar-refractivity contribution in [3.63, 3.8) is 0 Å². The van der Waals surface area contributed by atoms with Gasteiger partial charge in [0.15, 0.2) is 11.5 Å². The van der Waals surface area contributed by atoms with Crippen LogP contribution in [0.4, 0.5) is 5.69 Å². The molecule has 3 aromatic rings. The van der Waals surface area contributed by atoms with E-state index < -0.39 is 0 Å². The summed E-state index contributed by atoms with van der Waals surface area (Å²) in [4.78, 5) is 0. The summed E-state index contributed by atoms with van der Waals surface area (Å²) in [5, 5.41) is 8.74. The zero-order valence-electron chi connectivity index (χ0n) is 10.9. The van der Waals surface area contributed by atoms with Crippen LogP contribution in [0, 0.1) is 6.92 Å². The maximum Gasteiger partial charge on any atom is 0.184 e. The molecule has 0 aliphatic heterocycles. The summed E-state index contributed by atoms with van der Waals surface area (Å²) < 4.78 is 7.51. The average molecular weight is 289 g/mol. The van der Waals surface area contributed by atoms with E-state index >= 15 is 0 Å². The van der Waals surface area contributed by atoms with Crippen LogP contribution in [0.3, 0.4) is 0 Å². The van der Waals surface area contributed by atoms with Crippen LogP contribution in [0.25, 0.3) is 5.65 Å². The van der Waals surface area contributed by atoms with Crippen LogP contribution in [0.5, 0.6) is 5.75 Å². The first kappa shape index (κ1) is 12.7. The van der Waals surface area contributed by atoms with Crippen LogP contribution in [0.2, 0.25) is 5.02 Å². The van der Waals surface area contributed by atoms with E-state index in [0.29, 0.717) is 27.9 Å². The van der Waals surface area contributed by atoms with Gasteiger partial charge in [0.25, 0.3) is 0 Å². The van der Waals surface area contributed by atoms with Crippen molar-refractivity contribution in [3.8, 4) is 5.75 Å². The molecule has 20 heavy (non-hydrogen) atoms. The SMILES string of the molecule is Cc1cc(N)c2nnc(COc3ccccc3Cl)n2c1. The number of hydrogen-bond acceptors (Lipinski definition) is 4. The average Bonchev–Trinajstić information content (AvgIpc) is 2.81. The molecule has 5 nitrogen and oxygen atoms in total. The number of para-hydroxylation sites is 1. The molecule has 6 heteroatoms. The number of benzene rings is 1. The summed E-state index contributed by atoms with van der Waals surface area (Å²) >= 11 is 6.05. The van der Waals surface area contributed by atoms with Gasteiger partial charge in [-0.25, -0.2) is 0 Å². The molecule has 2 aromatic heterocycles. The largest absolute Gasteiger partial charge is 0.484 e. The summed E-state index contributed by atoms with van der Waals surface area (Å²) in [6.45, 7) is 2.24. The molecule has 0 aliphatic rings. The quantitative estimate of drug-likeness (QED) is 0.805. The molecular formula is C14H13ClN4O. The minimum atomic E-state index is 0.272. The first-order valence-corrected chi connectivity index (χ1v) is 6.50. The predicted molar refractivity (Wildman–Crippen MR) is 77.9 cm³/mol. The lowest BCUT2D eigenvalue weighted by atomic mass is 10.3. The molecule has 0 fully saturated rings. The third-order valence-electron chi connectivity index (χ3n) is 2.93. The van der Waals surface area contributed by atoms with Crippen LogP contribution in [0.15, 0.2) is 36.5 Å². The third kappa shape index (κ3) is 2.28. The maximum absolute atomic E-state index is 6.05. The number of nitrogen functional groups attached to an aromatic ring is 1. The standard InChI is InChI=1S/C14H13ClN4O/c1-9-6-11(16)14-18-17-13(19(14)7-9)8-20-12-5-3-2-4-10(12)15/h2-7H,8,16H2,1H3. The highest BCUT2D eigenvalue weighted by Gasteiger charge is 2.10. The summed E-state index contributed by atoms with van der Waals surface area (Å²) in [5.74, 6) is 1.29. The van der Waals surface area contributed by atoms with Gasteiger partial charge in [0.1, 0.15) is 12.4 Å². The van der Waals surface area contributed by atoms with Crippen LogP contribution in [0.1, 0.15) is 11.4 Å². The molecule has 2 N–H and O–H groups in total. The van der Waals surface area contributed by atoms with Gasteiger partial charge in [-0.1, -0.05) is 23.7 Å². The fourth-order valence-electron chi connectivity index (χ4n) is 2.01. The Labute approximate surface area is 121 Å². The fraction of sp³-hybridized carbons (Fsp3) is 0.143. The lowest BCUT2D eigenvalue weighted by Gasteiger charge is -2.07. The van der Waals surface area contributed by atoms with Gasteiger partial charge in [-0.05, 0) is 30.7 Å². The Morgan fingerprint density at radius 1 is 1.30 bits per heavy atom. The number of anilines is 1. The zero-order valence-corrected chi connectivity index (χ0v) is 11.6. The van der Waals surface area contributed by atoms with Crippen molar-refractivity contribution in [2.24, 2.45) is 0 Å². The molecule has 1 aromatic carbocycles. The minimum Gasteiger partial charge on any atom is -0.484 e. The number of nitrogens with two attached hydrogens (primary N) is 1. The number of aryl methyl sites for hydroxylation is 1. The Hall–Kier alpha value is -2.27. The number of aromatic nitrogens is 3. The topological polar surface area (TPSA) is 65.4 Å². The van der Waals surface area contributed by atoms with Crippen molar-refractivity contribution in [2.75, 3.05) is 5.73 Å². The highest BCUT2D eigenvalue weighted by molar-refractivity contribution is 6.32. The molecule has 0 aliphatic carbocycles. The summed E-state index contributed by atoms with van der Waals surface area (Å²) in [6.07, 6.45) is 1.93. The van der Waals surface area contributed by atoms with Crippen molar-refractivity contribution < 1.29 is 4.74 Å². The van der Waals surface area contributed by atoms with Gasteiger partial charge in [-0.15, -0.1) is 10.2 Å². The number of hydrogen-bond donors (Lipinski definition) is 1. The van der Waals surface area contributed by atoms with Gasteiger partial charge >= 0.3 is 0 Å². The molecule has 2 heterocycles. The number of nitrogens with zero attached hydrogens (tertiary/aromatic N) is 3. The summed E-state index contributed by atoms with van der Waals surface area (Å²) in [5.41, 5.74) is 8.18. The molecule has 0 radical (unpaired) electrons. The number of pyridine rings is 1. The Morgan fingerprint density at radius 2 is 2.10 bits per heavy atom. The molecule has 3 rings (SSSR count). The zero-order chi connectivity index (χ0) is 14.1. The molecule has 0 saturated heterocycles. The van der Waals surface area contributed by atoms with E-state index in [4.69, 9.17) is 22.1 Å². The van der Waals surface area contributed by atoms with Gasteiger partial charge in [0, 0.05) is 6.20 Å². The van der Waals surface area contributed by atoms with Gasteiger partial charge in [0.2, 0.25) is 0 Å². The van der Waals surface area contributed by atoms with E-state index in [1.807, 2.05) is 41.8 Å². The van der Waals surface area contributed by atoms with E-state index in [1.165, 1.54) is 0 Å². The van der Waals surface area contributed by atoms with E-state index in [0.717, 1.165) is 5.56 Å². The van der Waals surface area contributed by atoms with Gasteiger partial charge < -0.3 is 10.5 Å². The third-order valence-corrected chi connectivity index (χ3v) is 3.25. The second-order valence-electron chi connectivity index (χ2n) is 4.50. The lowest BCUT2D eigenvalue weighted by molar-refractivity contribution is 0.294. The summed E-state index contributed by atoms with van der Waals surface area (Å²) in [7, 11) is 0. The maximum atomic E-state index is 6.05. The Bertz CT molecular complexity index is 769. The highest BCUT2D eigenvalue weighted by Crippen LogP contribution is 2.24. The first-order valence-electron chi connectivity index (χ1n) is 6.12. The number of fused-ring (bicyclic) bond motifs is 1. The molecule has 0 bridgehead atoms. The van der Waals surface area contributed by atoms with Crippen LogP contribution < -0.4 is 10.5 Å². The Kier molecular flexibility index (Phi) is 3.20. The second-order valence-corrected chi connectivity index (χ2v) is 4.91. The van der Waals surface area contributed by atoms with Crippen molar-refractivity contribution in [2.45, 2.75) is 13.5 Å². The Morgan fingerprint density at radius 3 is 2.90 bits per heavy atom. The first-order chi connectivity index (χ1) is 9.65. The lowest BCUT2D eigenvalue weighted by Crippen LogP contribution is -2.03. The highest BCUT2D eigenvalue weighted by atomic mass is 35.5. The van der Waals surface area contributed by atoms with Crippen molar-refractivity contribution in [3.05, 3.63) is 52.9 Å². The van der Waals surface area contributed by atoms with Gasteiger partial charge in [0.05, 0.1) is 10.7 Å². The van der Waals surface area contributed by atoms with Crippen LogP contribution in [-0.4, -0.2) is 14.6 Å². The van der Waals surface area contributed by atoms with Crippen LogP contribution >= 0.6 is 11.6 Å². The molecule has 0 spiro atoms. The van der Waals surface area contributed by atoms with E-state index in [-0.39, 0.29) is 6.61 Å². The normalized spacial score (nSPS) is 10.9. The minimum absolute atomic E-state index is 0.272. The molecular weight excluding hydrogens is 276 g/mol. The molecule has 102 valence electrons. The van der Waals surface area contributed by atoms with E-state index in [1.54, 1.807) is 6.07 Å². The molecule has 0 amide bonds. The monoisotopic (exact) mass is 288 g/mol. The van der Waals surface area contributed by atoms with Gasteiger partial charge in [-0.3, -0.25) is 4.40 Å².